The van der Waals surface area contributed by atoms with Crippen molar-refractivity contribution in [2.75, 3.05) is 37.6 Å². The summed E-state index contributed by atoms with van der Waals surface area (Å²) in [7, 11) is 0. The fraction of sp³-hybridized carbons (Fsp3) is 0.357. The number of benzene rings is 2. The molecule has 0 bridgehead atoms. The Morgan fingerprint density at radius 3 is 2.40 bits per heavy atom. The molecule has 2 aromatic carbocycles. The number of halogens is 1. The Balaban J connectivity index is 1.47. The minimum absolute atomic E-state index is 0.0128. The molecule has 7 heteroatoms. The number of carbonyl (C=O) groups excluding carboxylic acids is 2. The number of amides is 2. The lowest BCUT2D eigenvalue weighted by molar-refractivity contribution is -0.135. The molecule has 2 unspecified atom stereocenters. The molecule has 2 amide bonds. The van der Waals surface area contributed by atoms with Gasteiger partial charge in [-0.15, -0.1) is 11.3 Å². The summed E-state index contributed by atoms with van der Waals surface area (Å²) in [6.07, 6.45) is 0. The quantitative estimate of drug-likeness (QED) is 0.495. The molecule has 3 heterocycles. The summed E-state index contributed by atoms with van der Waals surface area (Å²) in [5.41, 5.74) is 1.99. The monoisotopic (exact) mass is 491 g/mol. The first-order chi connectivity index (χ1) is 17.0. The molecule has 1 saturated heterocycles. The summed E-state index contributed by atoms with van der Waals surface area (Å²) in [5, 5.41) is 2.00. The Kier molecular flexibility index (Phi) is 6.60. The van der Waals surface area contributed by atoms with E-state index in [1.807, 2.05) is 62.5 Å². The topological polar surface area (TPSA) is 43.9 Å². The van der Waals surface area contributed by atoms with Gasteiger partial charge in [-0.2, -0.15) is 0 Å². The minimum Gasteiger partial charge on any atom is -0.366 e. The van der Waals surface area contributed by atoms with Crippen molar-refractivity contribution < 1.29 is 14.0 Å². The molecule has 0 spiro atoms. The van der Waals surface area contributed by atoms with Gasteiger partial charge in [0.1, 0.15) is 5.82 Å². The Labute approximate surface area is 209 Å². The largest absolute Gasteiger partial charge is 0.366 e. The summed E-state index contributed by atoms with van der Waals surface area (Å²) in [4.78, 5) is 34.6. The minimum atomic E-state index is -0.471. The highest BCUT2D eigenvalue weighted by Gasteiger charge is 2.46. The van der Waals surface area contributed by atoms with Crippen molar-refractivity contribution in [1.29, 1.82) is 0 Å². The Morgan fingerprint density at radius 2 is 1.71 bits per heavy atom. The second kappa shape index (κ2) is 9.82. The Hall–Kier alpha value is -3.19. The van der Waals surface area contributed by atoms with Gasteiger partial charge in [-0.1, -0.05) is 50.2 Å². The van der Waals surface area contributed by atoms with Crippen LogP contribution in [0.3, 0.4) is 0 Å². The summed E-state index contributed by atoms with van der Waals surface area (Å²) in [5.74, 6) is -0.423. The molecular weight excluding hydrogens is 461 g/mol. The van der Waals surface area contributed by atoms with Crippen molar-refractivity contribution in [1.82, 2.24) is 9.80 Å². The van der Waals surface area contributed by atoms with Gasteiger partial charge in [0.25, 0.3) is 5.91 Å². The van der Waals surface area contributed by atoms with Crippen LogP contribution in [0.25, 0.3) is 0 Å². The Morgan fingerprint density at radius 1 is 1.00 bits per heavy atom. The van der Waals surface area contributed by atoms with Crippen LogP contribution in [0.1, 0.15) is 46.6 Å². The van der Waals surface area contributed by atoms with Gasteiger partial charge < -0.3 is 14.7 Å². The molecule has 0 saturated carbocycles. The highest BCUT2D eigenvalue weighted by atomic mass is 32.1. The maximum absolute atomic E-state index is 14.3. The predicted octanol–water partition coefficient (Wildman–Crippen LogP) is 5.17. The van der Waals surface area contributed by atoms with Gasteiger partial charge in [0.05, 0.1) is 17.6 Å². The van der Waals surface area contributed by atoms with Crippen LogP contribution in [0, 0.1) is 11.7 Å². The molecule has 0 N–H and O–H groups in total. The van der Waals surface area contributed by atoms with Crippen LogP contribution in [0.15, 0.2) is 66.0 Å². The highest BCUT2D eigenvalue weighted by molar-refractivity contribution is 7.10. The van der Waals surface area contributed by atoms with Crippen LogP contribution in [0.2, 0.25) is 0 Å². The van der Waals surface area contributed by atoms with Gasteiger partial charge in [0.2, 0.25) is 5.91 Å². The van der Waals surface area contributed by atoms with Crippen LogP contribution >= 0.6 is 11.3 Å². The lowest BCUT2D eigenvalue weighted by Crippen LogP contribution is -2.53. The maximum atomic E-state index is 14.3. The zero-order chi connectivity index (χ0) is 24.5. The molecule has 3 aromatic rings. The number of fused-ring (bicyclic) bond motifs is 1. The Bertz CT molecular complexity index is 1200. The molecule has 5 nitrogen and oxygen atoms in total. The normalized spacial score (nSPS) is 20.3. The van der Waals surface area contributed by atoms with E-state index in [1.54, 1.807) is 23.5 Å². The SMILES string of the molecule is CC(C)CN1C(=O)c2ccccc2C(C(=O)N2CCN(c3ccccc3F)CC2)C1c1cccs1. The fourth-order valence-electron chi connectivity index (χ4n) is 5.30. The van der Waals surface area contributed by atoms with Crippen molar-refractivity contribution in [3.63, 3.8) is 0 Å². The number of thiophene rings is 1. The van der Waals surface area contributed by atoms with Crippen LogP contribution in [0.4, 0.5) is 10.1 Å². The molecule has 1 fully saturated rings. The number of hydrogen-bond acceptors (Lipinski definition) is 4. The van der Waals surface area contributed by atoms with Crippen molar-refractivity contribution in [3.8, 4) is 0 Å². The van der Waals surface area contributed by atoms with Gasteiger partial charge >= 0.3 is 0 Å². The molecule has 2 atom stereocenters. The van der Waals surface area contributed by atoms with Gasteiger partial charge in [0.15, 0.2) is 0 Å². The summed E-state index contributed by atoms with van der Waals surface area (Å²) >= 11 is 1.59. The first-order valence-electron chi connectivity index (χ1n) is 12.2. The number of hydrogen-bond donors (Lipinski definition) is 0. The fourth-order valence-corrected chi connectivity index (χ4v) is 6.18. The zero-order valence-corrected chi connectivity index (χ0v) is 20.9. The van der Waals surface area contributed by atoms with Crippen LogP contribution in [0.5, 0.6) is 0 Å². The molecule has 2 aliphatic heterocycles. The van der Waals surface area contributed by atoms with E-state index in [9.17, 15) is 14.0 Å². The molecular formula is C28H30FN3O2S. The number of piperazine rings is 1. The molecule has 182 valence electrons. The third-order valence-corrected chi connectivity index (χ3v) is 7.83. The smallest absolute Gasteiger partial charge is 0.254 e. The standard InChI is InChI=1S/C28H30FN3O2S/c1-19(2)18-32-26(24-12-7-17-35-24)25(20-8-3-4-9-21(20)27(32)33)28(34)31-15-13-30(14-16-31)23-11-6-5-10-22(23)29/h3-12,17,19,25-26H,13-16,18H2,1-2H3. The van der Waals surface area contributed by atoms with E-state index < -0.39 is 5.92 Å². The second-order valence-electron chi connectivity index (χ2n) is 9.64. The van der Waals surface area contributed by atoms with Crippen LogP contribution in [-0.2, 0) is 4.79 Å². The van der Waals surface area contributed by atoms with Crippen molar-refractivity contribution in [2.45, 2.75) is 25.8 Å². The average Bonchev–Trinajstić information content (AvgIpc) is 3.40. The van der Waals surface area contributed by atoms with E-state index in [4.69, 9.17) is 0 Å². The van der Waals surface area contributed by atoms with E-state index >= 15 is 0 Å². The van der Waals surface area contributed by atoms with E-state index in [0.717, 1.165) is 10.4 Å². The van der Waals surface area contributed by atoms with Crippen LogP contribution in [-0.4, -0.2) is 54.3 Å². The van der Waals surface area contributed by atoms with Gasteiger partial charge in [0, 0.05) is 43.2 Å². The first kappa shape index (κ1) is 23.5. The molecule has 35 heavy (non-hydrogen) atoms. The van der Waals surface area contributed by atoms with Gasteiger partial charge in [-0.3, -0.25) is 9.59 Å². The number of carbonyl (C=O) groups is 2. The van der Waals surface area contributed by atoms with Gasteiger partial charge in [-0.25, -0.2) is 4.39 Å². The van der Waals surface area contributed by atoms with Crippen molar-refractivity contribution in [3.05, 3.63) is 87.9 Å². The molecule has 2 aliphatic rings. The lowest BCUT2D eigenvalue weighted by atomic mass is 9.80. The summed E-state index contributed by atoms with van der Waals surface area (Å²) in [6.45, 7) is 6.94. The van der Waals surface area contributed by atoms with E-state index in [2.05, 4.69) is 13.8 Å². The maximum Gasteiger partial charge on any atom is 0.254 e. The highest BCUT2D eigenvalue weighted by Crippen LogP contribution is 2.45. The van der Waals surface area contributed by atoms with Crippen molar-refractivity contribution in [2.24, 2.45) is 5.92 Å². The molecule has 0 aliphatic carbocycles. The lowest BCUT2D eigenvalue weighted by Gasteiger charge is -2.44. The van der Waals surface area contributed by atoms with Crippen LogP contribution < -0.4 is 4.90 Å². The van der Waals surface area contributed by atoms with Crippen molar-refractivity contribution >= 4 is 28.8 Å². The number of nitrogens with zero attached hydrogens (tertiary/aromatic N) is 3. The van der Waals surface area contributed by atoms with E-state index in [0.29, 0.717) is 44.0 Å². The molecule has 5 rings (SSSR count). The predicted molar refractivity (Wildman–Crippen MR) is 137 cm³/mol. The zero-order valence-electron chi connectivity index (χ0n) is 20.1. The van der Waals surface area contributed by atoms with E-state index in [1.165, 1.54) is 6.07 Å². The second-order valence-corrected chi connectivity index (χ2v) is 10.6. The van der Waals surface area contributed by atoms with Gasteiger partial charge in [-0.05, 0) is 41.1 Å². The average molecular weight is 492 g/mol. The number of para-hydroxylation sites is 1. The first-order valence-corrected chi connectivity index (χ1v) is 13.0. The number of anilines is 1. The summed E-state index contributed by atoms with van der Waals surface area (Å²) < 4.78 is 14.3. The summed E-state index contributed by atoms with van der Waals surface area (Å²) in [6, 6.07) is 18.0. The van der Waals surface area contributed by atoms with E-state index in [-0.39, 0.29) is 29.6 Å². The third-order valence-electron chi connectivity index (χ3n) is 6.89. The molecule has 1 aromatic heterocycles. The third kappa shape index (κ3) is 4.45. The number of rotatable bonds is 5. The molecule has 0 radical (unpaired) electrons.